The van der Waals surface area contributed by atoms with E-state index in [1.807, 2.05) is 0 Å². The van der Waals surface area contributed by atoms with E-state index in [0.717, 1.165) is 19.4 Å². The van der Waals surface area contributed by atoms with E-state index in [2.05, 4.69) is 5.32 Å². The van der Waals surface area contributed by atoms with Crippen LogP contribution in [0.1, 0.15) is 12.8 Å². The van der Waals surface area contributed by atoms with Crippen LogP contribution in [0.4, 0.5) is 10.5 Å². The standard InChI is InChI=1S/C12H14ClNO3/c13-9-3-5-10(6-4-9)14-12(15)17-8-11-2-1-7-16-11/h3-6,11H,1-2,7-8H2,(H,14,15). The van der Waals surface area contributed by atoms with Gasteiger partial charge in [0, 0.05) is 17.3 Å². The highest BCUT2D eigenvalue weighted by atomic mass is 35.5. The summed E-state index contributed by atoms with van der Waals surface area (Å²) in [5.41, 5.74) is 0.659. The van der Waals surface area contributed by atoms with Crippen molar-refractivity contribution in [2.45, 2.75) is 18.9 Å². The fraction of sp³-hybridized carbons (Fsp3) is 0.417. The monoisotopic (exact) mass is 255 g/mol. The molecule has 4 nitrogen and oxygen atoms in total. The second-order valence-corrected chi connectivity index (χ2v) is 4.30. The largest absolute Gasteiger partial charge is 0.447 e. The van der Waals surface area contributed by atoms with Crippen molar-refractivity contribution in [2.75, 3.05) is 18.5 Å². The summed E-state index contributed by atoms with van der Waals surface area (Å²) in [5, 5.41) is 3.25. The number of hydrogen-bond donors (Lipinski definition) is 1. The maximum atomic E-state index is 11.4. The molecule has 0 radical (unpaired) electrons. The third-order valence-corrected chi connectivity index (χ3v) is 2.77. The Morgan fingerprint density at radius 1 is 1.47 bits per heavy atom. The maximum absolute atomic E-state index is 11.4. The summed E-state index contributed by atoms with van der Waals surface area (Å²) in [6.07, 6.45) is 1.56. The first-order valence-corrected chi connectivity index (χ1v) is 5.93. The highest BCUT2D eigenvalue weighted by molar-refractivity contribution is 6.30. The van der Waals surface area contributed by atoms with Gasteiger partial charge in [0.05, 0.1) is 6.10 Å². The second-order valence-electron chi connectivity index (χ2n) is 3.87. The van der Waals surface area contributed by atoms with Gasteiger partial charge in [-0.3, -0.25) is 5.32 Å². The van der Waals surface area contributed by atoms with Crippen LogP contribution < -0.4 is 5.32 Å². The van der Waals surface area contributed by atoms with Gasteiger partial charge in [-0.05, 0) is 37.1 Å². The van der Waals surface area contributed by atoms with Crippen LogP contribution in [-0.2, 0) is 9.47 Å². The third-order valence-electron chi connectivity index (χ3n) is 2.51. The van der Waals surface area contributed by atoms with Crippen LogP contribution >= 0.6 is 11.6 Å². The highest BCUT2D eigenvalue weighted by Crippen LogP contribution is 2.14. The molecule has 2 rings (SSSR count). The van der Waals surface area contributed by atoms with Gasteiger partial charge in [0.15, 0.2) is 0 Å². The van der Waals surface area contributed by atoms with Gasteiger partial charge < -0.3 is 9.47 Å². The van der Waals surface area contributed by atoms with Crippen molar-refractivity contribution in [2.24, 2.45) is 0 Å². The van der Waals surface area contributed by atoms with Crippen molar-refractivity contribution in [1.29, 1.82) is 0 Å². The number of nitrogens with one attached hydrogen (secondary N) is 1. The lowest BCUT2D eigenvalue weighted by atomic mass is 10.2. The fourth-order valence-corrected chi connectivity index (χ4v) is 1.76. The van der Waals surface area contributed by atoms with Crippen LogP contribution in [0.2, 0.25) is 5.02 Å². The molecule has 1 aliphatic heterocycles. The molecular formula is C12H14ClNO3. The van der Waals surface area contributed by atoms with E-state index >= 15 is 0 Å². The van der Waals surface area contributed by atoms with E-state index in [-0.39, 0.29) is 6.10 Å². The SMILES string of the molecule is O=C(Nc1ccc(Cl)cc1)OCC1CCCO1. The van der Waals surface area contributed by atoms with E-state index in [9.17, 15) is 4.79 Å². The van der Waals surface area contributed by atoms with E-state index in [0.29, 0.717) is 17.3 Å². The van der Waals surface area contributed by atoms with Crippen LogP contribution in [0.5, 0.6) is 0 Å². The van der Waals surface area contributed by atoms with Crippen molar-refractivity contribution in [3.05, 3.63) is 29.3 Å². The topological polar surface area (TPSA) is 47.6 Å². The summed E-state index contributed by atoms with van der Waals surface area (Å²) in [5.74, 6) is 0. The molecular weight excluding hydrogens is 242 g/mol. The third kappa shape index (κ3) is 3.91. The number of carbonyl (C=O) groups excluding carboxylic acids is 1. The van der Waals surface area contributed by atoms with Crippen LogP contribution in [0, 0.1) is 0 Å². The Morgan fingerprint density at radius 2 is 2.24 bits per heavy atom. The van der Waals surface area contributed by atoms with Gasteiger partial charge in [-0.15, -0.1) is 0 Å². The quantitative estimate of drug-likeness (QED) is 0.903. The first-order chi connectivity index (χ1) is 8.24. The average molecular weight is 256 g/mol. The van der Waals surface area contributed by atoms with E-state index in [1.165, 1.54) is 0 Å². The summed E-state index contributed by atoms with van der Waals surface area (Å²) in [4.78, 5) is 11.4. The molecule has 1 aromatic rings. The lowest BCUT2D eigenvalue weighted by molar-refractivity contribution is 0.0484. The summed E-state index contributed by atoms with van der Waals surface area (Å²) in [6.45, 7) is 1.06. The fourth-order valence-electron chi connectivity index (χ4n) is 1.63. The Bertz CT molecular complexity index is 374. The zero-order valence-corrected chi connectivity index (χ0v) is 10.1. The molecule has 5 heteroatoms. The second kappa shape index (κ2) is 5.89. The Morgan fingerprint density at radius 3 is 2.88 bits per heavy atom. The van der Waals surface area contributed by atoms with Gasteiger partial charge in [-0.1, -0.05) is 11.6 Å². The minimum atomic E-state index is -0.470. The predicted octanol–water partition coefficient (Wildman–Crippen LogP) is 3.07. The molecule has 1 amide bonds. The smallest absolute Gasteiger partial charge is 0.411 e. The molecule has 0 aromatic heterocycles. The molecule has 17 heavy (non-hydrogen) atoms. The van der Waals surface area contributed by atoms with Gasteiger partial charge in [-0.2, -0.15) is 0 Å². The first-order valence-electron chi connectivity index (χ1n) is 5.55. The van der Waals surface area contributed by atoms with Gasteiger partial charge in [0.2, 0.25) is 0 Å². The molecule has 1 saturated heterocycles. The Hall–Kier alpha value is -1.26. The molecule has 0 saturated carbocycles. The molecule has 0 spiro atoms. The number of anilines is 1. The Kier molecular flexibility index (Phi) is 4.23. The van der Waals surface area contributed by atoms with Crippen LogP contribution in [0.15, 0.2) is 24.3 Å². The molecule has 1 N–H and O–H groups in total. The minimum absolute atomic E-state index is 0.0472. The molecule has 1 atom stereocenters. The summed E-state index contributed by atoms with van der Waals surface area (Å²) in [6, 6.07) is 6.85. The van der Waals surface area contributed by atoms with Crippen LogP contribution in [0.3, 0.4) is 0 Å². The van der Waals surface area contributed by atoms with Crippen molar-refractivity contribution < 1.29 is 14.3 Å². The molecule has 1 aromatic carbocycles. The van der Waals surface area contributed by atoms with Gasteiger partial charge >= 0.3 is 6.09 Å². The number of halogens is 1. The van der Waals surface area contributed by atoms with Crippen molar-refractivity contribution in [1.82, 2.24) is 0 Å². The lowest BCUT2D eigenvalue weighted by Crippen LogP contribution is -2.21. The van der Waals surface area contributed by atoms with E-state index in [1.54, 1.807) is 24.3 Å². The normalized spacial score (nSPS) is 19.0. The zero-order valence-electron chi connectivity index (χ0n) is 9.32. The van der Waals surface area contributed by atoms with E-state index in [4.69, 9.17) is 21.1 Å². The summed E-state index contributed by atoms with van der Waals surface area (Å²) >= 11 is 5.73. The molecule has 0 aliphatic carbocycles. The average Bonchev–Trinajstić information content (AvgIpc) is 2.83. The molecule has 1 unspecified atom stereocenters. The first kappa shape index (κ1) is 12.2. The number of rotatable bonds is 3. The number of benzene rings is 1. The molecule has 92 valence electrons. The highest BCUT2D eigenvalue weighted by Gasteiger charge is 2.17. The zero-order chi connectivity index (χ0) is 12.1. The van der Waals surface area contributed by atoms with Gasteiger partial charge in [0.25, 0.3) is 0 Å². The molecule has 0 bridgehead atoms. The minimum Gasteiger partial charge on any atom is -0.447 e. The summed E-state index contributed by atoms with van der Waals surface area (Å²) < 4.78 is 10.4. The predicted molar refractivity (Wildman–Crippen MR) is 65.4 cm³/mol. The van der Waals surface area contributed by atoms with Gasteiger partial charge in [0.1, 0.15) is 6.61 Å². The van der Waals surface area contributed by atoms with E-state index < -0.39 is 6.09 Å². The molecule has 1 aliphatic rings. The van der Waals surface area contributed by atoms with Crippen LogP contribution in [0.25, 0.3) is 0 Å². The van der Waals surface area contributed by atoms with Gasteiger partial charge in [-0.25, -0.2) is 4.79 Å². The molecule has 1 heterocycles. The van der Waals surface area contributed by atoms with Crippen molar-refractivity contribution >= 4 is 23.4 Å². The van der Waals surface area contributed by atoms with Crippen LogP contribution in [-0.4, -0.2) is 25.4 Å². The number of carbonyl (C=O) groups is 1. The molecule has 1 fully saturated rings. The Balaban J connectivity index is 1.74. The number of ether oxygens (including phenoxy) is 2. The lowest BCUT2D eigenvalue weighted by Gasteiger charge is -2.11. The number of hydrogen-bond acceptors (Lipinski definition) is 3. The maximum Gasteiger partial charge on any atom is 0.411 e. The van der Waals surface area contributed by atoms with Crippen molar-refractivity contribution in [3.63, 3.8) is 0 Å². The van der Waals surface area contributed by atoms with Crippen molar-refractivity contribution in [3.8, 4) is 0 Å². The summed E-state index contributed by atoms with van der Waals surface area (Å²) in [7, 11) is 0. The number of amides is 1. The Labute approximate surface area is 105 Å².